The summed E-state index contributed by atoms with van der Waals surface area (Å²) < 4.78 is 10.1. The third kappa shape index (κ3) is 2.74. The van der Waals surface area contributed by atoms with E-state index in [1.165, 1.54) is 14.2 Å². The Hall–Kier alpha value is -2.02. The number of ketones is 1. The molecule has 0 aliphatic rings. The molecule has 0 aromatic heterocycles. The predicted molar refractivity (Wildman–Crippen MR) is 58.7 cm³/mol. The highest BCUT2D eigenvalue weighted by Gasteiger charge is 2.12. The smallest absolute Gasteiger partial charge is 0.167 e. The quantitative estimate of drug-likeness (QED) is 0.712. The molecule has 0 aliphatic heterocycles. The Labute approximate surface area is 94.4 Å². The van der Waals surface area contributed by atoms with Crippen LogP contribution in [0, 0.1) is 11.3 Å². The van der Waals surface area contributed by atoms with E-state index < -0.39 is 0 Å². The molecule has 0 atom stereocenters. The van der Waals surface area contributed by atoms with Crippen LogP contribution in [-0.2, 0) is 0 Å². The lowest BCUT2D eigenvalue weighted by Gasteiger charge is -2.08. The maximum atomic E-state index is 11.8. The molecule has 0 radical (unpaired) electrons. The number of carbonyl (C=O) groups is 1. The van der Waals surface area contributed by atoms with Crippen molar-refractivity contribution in [3.05, 3.63) is 23.8 Å². The van der Waals surface area contributed by atoms with E-state index in [1.54, 1.807) is 18.2 Å². The van der Waals surface area contributed by atoms with Crippen molar-refractivity contribution in [3.63, 3.8) is 0 Å². The third-order valence-corrected chi connectivity index (χ3v) is 2.17. The second kappa shape index (κ2) is 5.76. The zero-order valence-electron chi connectivity index (χ0n) is 9.32. The van der Waals surface area contributed by atoms with E-state index in [9.17, 15) is 4.79 Å². The summed E-state index contributed by atoms with van der Waals surface area (Å²) in [5.74, 6) is 0.988. The van der Waals surface area contributed by atoms with Gasteiger partial charge in [-0.3, -0.25) is 4.79 Å². The molecule has 1 aromatic carbocycles. The number of Topliss-reactive ketones (excluding diaryl/α,β-unsaturated/α-hetero) is 1. The molecule has 0 saturated carbocycles. The summed E-state index contributed by atoms with van der Waals surface area (Å²) in [6, 6.07) is 6.97. The lowest BCUT2D eigenvalue weighted by atomic mass is 10.1. The van der Waals surface area contributed by atoms with Gasteiger partial charge in [0.1, 0.15) is 11.5 Å². The van der Waals surface area contributed by atoms with Crippen LogP contribution >= 0.6 is 0 Å². The highest BCUT2D eigenvalue weighted by atomic mass is 16.5. The van der Waals surface area contributed by atoms with Gasteiger partial charge in [-0.05, 0) is 18.2 Å². The number of nitriles is 1. The molecule has 0 bridgehead atoms. The fourth-order valence-electron chi connectivity index (χ4n) is 1.34. The van der Waals surface area contributed by atoms with Gasteiger partial charge in [-0.25, -0.2) is 0 Å². The molecule has 0 N–H and O–H groups in total. The standard InChI is InChI=1S/C12H13NO3/c1-15-9-5-6-12(16-2)10(8-9)11(14)4-3-7-13/h5-6,8H,3-4H2,1-2H3. The van der Waals surface area contributed by atoms with Crippen LogP contribution < -0.4 is 9.47 Å². The largest absolute Gasteiger partial charge is 0.497 e. The van der Waals surface area contributed by atoms with Gasteiger partial charge in [0.25, 0.3) is 0 Å². The minimum atomic E-state index is -0.114. The minimum Gasteiger partial charge on any atom is -0.497 e. The summed E-state index contributed by atoms with van der Waals surface area (Å²) in [5, 5.41) is 8.43. The van der Waals surface area contributed by atoms with Gasteiger partial charge in [0.05, 0.1) is 25.9 Å². The third-order valence-electron chi connectivity index (χ3n) is 2.17. The number of hydrogen-bond donors (Lipinski definition) is 0. The monoisotopic (exact) mass is 219 g/mol. The second-order valence-corrected chi connectivity index (χ2v) is 3.15. The van der Waals surface area contributed by atoms with Gasteiger partial charge in [0.15, 0.2) is 5.78 Å². The summed E-state index contributed by atoms with van der Waals surface area (Å²) in [6.07, 6.45) is 0.402. The Balaban J connectivity index is 2.99. The van der Waals surface area contributed by atoms with E-state index in [4.69, 9.17) is 14.7 Å². The van der Waals surface area contributed by atoms with Crippen molar-refractivity contribution < 1.29 is 14.3 Å². The van der Waals surface area contributed by atoms with Crippen molar-refractivity contribution >= 4 is 5.78 Å². The van der Waals surface area contributed by atoms with Gasteiger partial charge in [-0.2, -0.15) is 5.26 Å². The molecule has 4 heteroatoms. The average Bonchev–Trinajstić information content (AvgIpc) is 2.35. The number of nitrogens with zero attached hydrogens (tertiary/aromatic N) is 1. The maximum absolute atomic E-state index is 11.8. The van der Waals surface area contributed by atoms with Crippen LogP contribution in [0.25, 0.3) is 0 Å². The zero-order chi connectivity index (χ0) is 12.0. The van der Waals surface area contributed by atoms with Gasteiger partial charge in [0.2, 0.25) is 0 Å². The minimum absolute atomic E-state index is 0.114. The van der Waals surface area contributed by atoms with Crippen LogP contribution in [0.5, 0.6) is 11.5 Å². The van der Waals surface area contributed by atoms with E-state index in [-0.39, 0.29) is 18.6 Å². The molecule has 0 fully saturated rings. The van der Waals surface area contributed by atoms with Crippen LogP contribution in [-0.4, -0.2) is 20.0 Å². The van der Waals surface area contributed by atoms with Crippen LogP contribution in [0.1, 0.15) is 23.2 Å². The molecule has 1 aromatic rings. The molecule has 4 nitrogen and oxygen atoms in total. The first-order chi connectivity index (χ1) is 7.72. The number of hydrogen-bond acceptors (Lipinski definition) is 4. The SMILES string of the molecule is COc1ccc(OC)c(C(=O)CCC#N)c1. The Morgan fingerprint density at radius 1 is 1.38 bits per heavy atom. The second-order valence-electron chi connectivity index (χ2n) is 3.15. The van der Waals surface area contributed by atoms with Gasteiger partial charge in [-0.15, -0.1) is 0 Å². The summed E-state index contributed by atoms with van der Waals surface area (Å²) >= 11 is 0. The Kier molecular flexibility index (Phi) is 4.34. The topological polar surface area (TPSA) is 59.3 Å². The molecule has 0 spiro atoms. The zero-order valence-corrected chi connectivity index (χ0v) is 9.32. The number of benzene rings is 1. The molecular formula is C12H13NO3. The first kappa shape index (κ1) is 12.1. The molecule has 0 saturated heterocycles. The molecular weight excluding hydrogens is 206 g/mol. The predicted octanol–water partition coefficient (Wildman–Crippen LogP) is 2.19. The fraction of sp³-hybridized carbons (Fsp3) is 0.333. The van der Waals surface area contributed by atoms with E-state index in [1.807, 2.05) is 6.07 Å². The van der Waals surface area contributed by atoms with Gasteiger partial charge in [0, 0.05) is 12.8 Å². The Morgan fingerprint density at radius 2 is 2.12 bits per heavy atom. The van der Waals surface area contributed by atoms with Crippen molar-refractivity contribution in [1.29, 1.82) is 5.26 Å². The van der Waals surface area contributed by atoms with E-state index in [2.05, 4.69) is 0 Å². The normalized spacial score (nSPS) is 9.31. The summed E-state index contributed by atoms with van der Waals surface area (Å²) in [6.45, 7) is 0. The van der Waals surface area contributed by atoms with Crippen molar-refractivity contribution in [2.45, 2.75) is 12.8 Å². The number of rotatable bonds is 5. The lowest BCUT2D eigenvalue weighted by Crippen LogP contribution is -2.02. The molecule has 84 valence electrons. The van der Waals surface area contributed by atoms with Crippen molar-refractivity contribution in [2.75, 3.05) is 14.2 Å². The molecule has 0 amide bonds. The van der Waals surface area contributed by atoms with Gasteiger partial charge < -0.3 is 9.47 Å². The first-order valence-corrected chi connectivity index (χ1v) is 4.85. The van der Waals surface area contributed by atoms with Crippen LogP contribution in [0.3, 0.4) is 0 Å². The molecule has 0 unspecified atom stereocenters. The number of carbonyl (C=O) groups excluding carboxylic acids is 1. The highest BCUT2D eigenvalue weighted by Crippen LogP contribution is 2.25. The van der Waals surface area contributed by atoms with Crippen molar-refractivity contribution in [1.82, 2.24) is 0 Å². The summed E-state index contributed by atoms with van der Waals surface area (Å²) in [7, 11) is 3.04. The molecule has 0 heterocycles. The van der Waals surface area contributed by atoms with Crippen LogP contribution in [0.15, 0.2) is 18.2 Å². The number of methoxy groups -OCH3 is 2. The van der Waals surface area contributed by atoms with Gasteiger partial charge >= 0.3 is 0 Å². The van der Waals surface area contributed by atoms with Crippen LogP contribution in [0.2, 0.25) is 0 Å². The molecule has 16 heavy (non-hydrogen) atoms. The lowest BCUT2D eigenvalue weighted by molar-refractivity contribution is 0.0981. The van der Waals surface area contributed by atoms with Crippen molar-refractivity contribution in [3.8, 4) is 17.6 Å². The average molecular weight is 219 g/mol. The Bertz CT molecular complexity index is 421. The maximum Gasteiger partial charge on any atom is 0.167 e. The Morgan fingerprint density at radius 3 is 2.69 bits per heavy atom. The molecule has 0 aliphatic carbocycles. The van der Waals surface area contributed by atoms with E-state index in [0.717, 1.165) is 0 Å². The van der Waals surface area contributed by atoms with Crippen LogP contribution in [0.4, 0.5) is 0 Å². The fourth-order valence-corrected chi connectivity index (χ4v) is 1.34. The first-order valence-electron chi connectivity index (χ1n) is 4.85. The highest BCUT2D eigenvalue weighted by molar-refractivity contribution is 5.99. The summed E-state index contributed by atoms with van der Waals surface area (Å²) in [5.41, 5.74) is 0.456. The van der Waals surface area contributed by atoms with Gasteiger partial charge in [-0.1, -0.05) is 0 Å². The summed E-state index contributed by atoms with van der Waals surface area (Å²) in [4.78, 5) is 11.8. The van der Waals surface area contributed by atoms with Crippen molar-refractivity contribution in [2.24, 2.45) is 0 Å². The number of ether oxygens (including phenoxy) is 2. The van der Waals surface area contributed by atoms with E-state index in [0.29, 0.717) is 17.1 Å². The van der Waals surface area contributed by atoms with E-state index >= 15 is 0 Å². The molecule has 1 rings (SSSR count).